The van der Waals surface area contributed by atoms with Gasteiger partial charge in [-0.2, -0.15) is 0 Å². The van der Waals surface area contributed by atoms with Crippen LogP contribution in [0.2, 0.25) is 0 Å². The van der Waals surface area contributed by atoms with E-state index in [1.54, 1.807) is 60.5 Å². The molecular formula is C27H28N2O6. The highest BCUT2D eigenvalue weighted by atomic mass is 16.5. The Bertz CT molecular complexity index is 1180. The van der Waals surface area contributed by atoms with Crippen LogP contribution < -0.4 is 19.3 Å². The molecule has 0 spiro atoms. The van der Waals surface area contributed by atoms with Gasteiger partial charge in [-0.25, -0.2) is 4.90 Å². The van der Waals surface area contributed by atoms with Gasteiger partial charge in [0.15, 0.2) is 0 Å². The van der Waals surface area contributed by atoms with Gasteiger partial charge >= 0.3 is 5.97 Å². The van der Waals surface area contributed by atoms with E-state index in [-0.39, 0.29) is 48.3 Å². The summed E-state index contributed by atoms with van der Waals surface area (Å²) in [6, 6.07) is 13.6. The van der Waals surface area contributed by atoms with E-state index >= 15 is 0 Å². The normalized spacial score (nSPS) is 26.2. The van der Waals surface area contributed by atoms with Crippen LogP contribution in [0.25, 0.3) is 0 Å². The Labute approximate surface area is 203 Å². The third-order valence-electron chi connectivity index (χ3n) is 7.32. The van der Waals surface area contributed by atoms with E-state index < -0.39 is 11.9 Å². The molecule has 0 N–H and O–H groups in total. The van der Waals surface area contributed by atoms with E-state index in [1.165, 1.54) is 4.90 Å². The molecule has 2 aliphatic heterocycles. The summed E-state index contributed by atoms with van der Waals surface area (Å²) in [5.74, 6) is -0.835. The zero-order chi connectivity index (χ0) is 24.7. The predicted molar refractivity (Wildman–Crippen MR) is 128 cm³/mol. The van der Waals surface area contributed by atoms with Crippen molar-refractivity contribution in [2.75, 3.05) is 23.5 Å². The molecule has 1 saturated carbocycles. The zero-order valence-corrected chi connectivity index (χ0v) is 19.8. The minimum absolute atomic E-state index is 0.0508. The van der Waals surface area contributed by atoms with Gasteiger partial charge in [0.1, 0.15) is 11.5 Å². The van der Waals surface area contributed by atoms with Gasteiger partial charge in [0.25, 0.3) is 0 Å². The number of carbonyl (C=O) groups excluding carboxylic acids is 4. The van der Waals surface area contributed by atoms with Crippen molar-refractivity contribution in [3.05, 3.63) is 48.5 Å². The maximum atomic E-state index is 13.0. The Morgan fingerprint density at radius 2 is 1.66 bits per heavy atom. The molecule has 3 aliphatic rings. The first-order valence-corrected chi connectivity index (χ1v) is 12.0. The predicted octanol–water partition coefficient (Wildman–Crippen LogP) is 3.58. The fourth-order valence-electron chi connectivity index (χ4n) is 5.41. The fourth-order valence-corrected chi connectivity index (χ4v) is 5.41. The maximum Gasteiger partial charge on any atom is 0.316 e. The summed E-state index contributed by atoms with van der Waals surface area (Å²) in [6.45, 7) is 2.33. The van der Waals surface area contributed by atoms with E-state index in [9.17, 15) is 19.2 Å². The second kappa shape index (κ2) is 9.17. The van der Waals surface area contributed by atoms with Crippen molar-refractivity contribution in [3.8, 4) is 11.5 Å². The van der Waals surface area contributed by atoms with Crippen LogP contribution in [0.15, 0.2) is 48.5 Å². The average Bonchev–Trinajstić information content (AvgIpc) is 3.36. The van der Waals surface area contributed by atoms with E-state index in [1.807, 2.05) is 0 Å². The van der Waals surface area contributed by atoms with Gasteiger partial charge in [-0.15, -0.1) is 0 Å². The topological polar surface area (TPSA) is 93.2 Å². The van der Waals surface area contributed by atoms with E-state index in [2.05, 4.69) is 6.92 Å². The largest absolute Gasteiger partial charge is 0.497 e. The molecule has 8 nitrogen and oxygen atoms in total. The smallest absolute Gasteiger partial charge is 0.316 e. The second-order valence-electron chi connectivity index (χ2n) is 9.66. The van der Waals surface area contributed by atoms with Gasteiger partial charge in [0.2, 0.25) is 17.7 Å². The summed E-state index contributed by atoms with van der Waals surface area (Å²) >= 11 is 0. The van der Waals surface area contributed by atoms with Crippen molar-refractivity contribution in [3.63, 3.8) is 0 Å². The quantitative estimate of drug-likeness (QED) is 0.372. The Hall–Kier alpha value is -3.68. The standard InChI is InChI=1S/C27H28N2O6/c1-16-6-11-22-23(12-16)26(32)29(25(22)31)19-4-3-5-21(14-19)35-27(33)17-13-24(30)28(15-17)18-7-9-20(34-2)10-8-18/h3-5,7-10,14,16-17,22-23H,6,11-13,15H2,1-2H3/t16-,17-,22-,23+/m1/s1. The molecule has 182 valence electrons. The number of amides is 3. The summed E-state index contributed by atoms with van der Waals surface area (Å²) in [7, 11) is 1.57. The molecule has 4 atom stereocenters. The molecule has 0 aromatic heterocycles. The van der Waals surface area contributed by atoms with Crippen LogP contribution in [0, 0.1) is 23.7 Å². The van der Waals surface area contributed by atoms with Gasteiger partial charge in [0.05, 0.1) is 30.6 Å². The summed E-state index contributed by atoms with van der Waals surface area (Å²) < 4.78 is 10.7. The number of methoxy groups -OCH3 is 1. The van der Waals surface area contributed by atoms with E-state index in [0.717, 1.165) is 19.3 Å². The number of hydrogen-bond donors (Lipinski definition) is 0. The maximum absolute atomic E-state index is 13.0. The zero-order valence-electron chi connectivity index (χ0n) is 19.8. The van der Waals surface area contributed by atoms with Crippen LogP contribution in [-0.4, -0.2) is 37.3 Å². The molecule has 2 saturated heterocycles. The molecule has 1 aliphatic carbocycles. The number of nitrogens with zero attached hydrogens (tertiary/aromatic N) is 2. The molecule has 8 heteroatoms. The Morgan fingerprint density at radius 1 is 0.914 bits per heavy atom. The summed E-state index contributed by atoms with van der Waals surface area (Å²) in [4.78, 5) is 54.3. The molecule has 3 fully saturated rings. The number of fused-ring (bicyclic) bond motifs is 1. The monoisotopic (exact) mass is 476 g/mol. The van der Waals surface area contributed by atoms with Gasteiger partial charge in [-0.3, -0.25) is 19.2 Å². The summed E-state index contributed by atoms with van der Waals surface area (Å²) in [5.41, 5.74) is 1.10. The lowest BCUT2D eigenvalue weighted by atomic mass is 9.76. The van der Waals surface area contributed by atoms with Gasteiger partial charge in [-0.05, 0) is 61.6 Å². The van der Waals surface area contributed by atoms with Crippen LogP contribution in [-0.2, 0) is 19.2 Å². The first kappa shape index (κ1) is 23.1. The number of benzene rings is 2. The average molecular weight is 477 g/mol. The van der Waals surface area contributed by atoms with Crippen molar-refractivity contribution < 1.29 is 28.7 Å². The molecule has 0 bridgehead atoms. The third kappa shape index (κ3) is 4.29. The molecular weight excluding hydrogens is 448 g/mol. The van der Waals surface area contributed by atoms with E-state index in [0.29, 0.717) is 23.0 Å². The minimum Gasteiger partial charge on any atom is -0.497 e. The number of carbonyl (C=O) groups is 4. The molecule has 5 rings (SSSR count). The highest BCUT2D eigenvalue weighted by molar-refractivity contribution is 6.22. The number of anilines is 2. The van der Waals surface area contributed by atoms with Gasteiger partial charge < -0.3 is 14.4 Å². The SMILES string of the molecule is COc1ccc(N2C[C@H](C(=O)Oc3cccc(N4C(=O)[C@H]5C[C@H](C)CC[C@H]5C4=O)c3)CC2=O)cc1. The second-order valence-corrected chi connectivity index (χ2v) is 9.66. The van der Waals surface area contributed by atoms with Crippen LogP contribution in [0.5, 0.6) is 11.5 Å². The van der Waals surface area contributed by atoms with Gasteiger partial charge in [0, 0.05) is 24.7 Å². The van der Waals surface area contributed by atoms with Crippen molar-refractivity contribution >= 4 is 35.1 Å². The number of imide groups is 1. The molecule has 2 aromatic carbocycles. The Morgan fingerprint density at radius 3 is 2.40 bits per heavy atom. The summed E-state index contributed by atoms with van der Waals surface area (Å²) in [6.07, 6.45) is 2.44. The summed E-state index contributed by atoms with van der Waals surface area (Å²) in [5, 5.41) is 0. The first-order valence-electron chi connectivity index (χ1n) is 12.0. The molecule has 3 amide bonds. The van der Waals surface area contributed by atoms with Crippen molar-refractivity contribution in [2.45, 2.75) is 32.6 Å². The molecule has 0 unspecified atom stereocenters. The van der Waals surface area contributed by atoms with Crippen LogP contribution in [0.3, 0.4) is 0 Å². The van der Waals surface area contributed by atoms with Crippen molar-refractivity contribution in [1.82, 2.24) is 0 Å². The number of hydrogen-bond acceptors (Lipinski definition) is 6. The lowest BCUT2D eigenvalue weighted by molar-refractivity contribution is -0.139. The number of esters is 1. The van der Waals surface area contributed by atoms with Crippen molar-refractivity contribution in [2.24, 2.45) is 23.7 Å². The Kier molecular flexibility index (Phi) is 6.05. The Balaban J connectivity index is 1.27. The highest BCUT2D eigenvalue weighted by Crippen LogP contribution is 2.42. The molecule has 35 heavy (non-hydrogen) atoms. The van der Waals surface area contributed by atoms with Crippen LogP contribution >= 0.6 is 0 Å². The van der Waals surface area contributed by atoms with Crippen LogP contribution in [0.4, 0.5) is 11.4 Å². The lowest BCUT2D eigenvalue weighted by Crippen LogP contribution is -2.31. The van der Waals surface area contributed by atoms with E-state index in [4.69, 9.17) is 9.47 Å². The molecule has 2 aromatic rings. The number of ether oxygens (including phenoxy) is 2. The third-order valence-corrected chi connectivity index (χ3v) is 7.32. The van der Waals surface area contributed by atoms with Gasteiger partial charge in [-0.1, -0.05) is 13.0 Å². The van der Waals surface area contributed by atoms with Crippen molar-refractivity contribution in [1.29, 1.82) is 0 Å². The minimum atomic E-state index is -0.618. The first-order chi connectivity index (χ1) is 16.9. The number of rotatable bonds is 5. The molecule has 0 radical (unpaired) electrons. The fraction of sp³-hybridized carbons (Fsp3) is 0.407. The lowest BCUT2D eigenvalue weighted by Gasteiger charge is -2.25. The highest BCUT2D eigenvalue weighted by Gasteiger charge is 2.50. The molecule has 2 heterocycles. The van der Waals surface area contributed by atoms with Crippen LogP contribution in [0.1, 0.15) is 32.6 Å².